The van der Waals surface area contributed by atoms with Crippen molar-refractivity contribution in [2.45, 2.75) is 19.4 Å². The van der Waals surface area contributed by atoms with Crippen LogP contribution < -0.4 is 10.6 Å². The molecule has 0 aliphatic carbocycles. The molecule has 94 valence electrons. The molecule has 3 rings (SSSR count). The highest BCUT2D eigenvalue weighted by Crippen LogP contribution is 2.32. The van der Waals surface area contributed by atoms with E-state index in [1.807, 2.05) is 24.4 Å². The number of fused-ring (bicyclic) bond motifs is 1. The molecule has 1 aromatic heterocycles. The summed E-state index contributed by atoms with van der Waals surface area (Å²) in [5, 5.41) is 9.46. The first-order valence-corrected chi connectivity index (χ1v) is 6.48. The third-order valence-electron chi connectivity index (χ3n) is 3.96. The zero-order valence-electron chi connectivity index (χ0n) is 10.6. The maximum Gasteiger partial charge on any atom is 0.0950 e. The second-order valence-electron chi connectivity index (χ2n) is 5.01. The van der Waals surface area contributed by atoms with Gasteiger partial charge in [-0.05, 0) is 18.4 Å². The Balaban J connectivity index is 2.09. The first-order valence-electron chi connectivity index (χ1n) is 6.48. The van der Waals surface area contributed by atoms with E-state index in [1.54, 1.807) is 0 Å². The first-order chi connectivity index (χ1) is 8.81. The molecule has 1 fully saturated rings. The number of rotatable bonds is 2. The number of anilines is 1. The van der Waals surface area contributed by atoms with E-state index in [0.29, 0.717) is 18.5 Å². The van der Waals surface area contributed by atoms with Gasteiger partial charge in [0, 0.05) is 24.5 Å². The average Bonchev–Trinajstić information content (AvgIpc) is 2.79. The summed E-state index contributed by atoms with van der Waals surface area (Å²) in [6.45, 7) is 4.02. The van der Waals surface area contributed by atoms with Gasteiger partial charge in [-0.25, -0.2) is 0 Å². The van der Waals surface area contributed by atoms with E-state index < -0.39 is 0 Å². The Kier molecular flexibility index (Phi) is 2.88. The van der Waals surface area contributed by atoms with Gasteiger partial charge in [-0.2, -0.15) is 10.2 Å². The molecule has 0 amide bonds. The van der Waals surface area contributed by atoms with E-state index in [4.69, 9.17) is 5.73 Å². The largest absolute Gasteiger partial charge is 0.365 e. The van der Waals surface area contributed by atoms with Crippen molar-refractivity contribution in [1.29, 1.82) is 0 Å². The lowest BCUT2D eigenvalue weighted by atomic mass is 10.0. The Bertz CT molecular complexity index is 549. The van der Waals surface area contributed by atoms with Crippen molar-refractivity contribution < 1.29 is 0 Å². The van der Waals surface area contributed by atoms with E-state index in [-0.39, 0.29) is 0 Å². The van der Waals surface area contributed by atoms with Crippen LogP contribution >= 0.6 is 0 Å². The van der Waals surface area contributed by atoms with E-state index in [0.717, 1.165) is 12.1 Å². The van der Waals surface area contributed by atoms with Crippen LogP contribution in [0.5, 0.6) is 0 Å². The van der Waals surface area contributed by atoms with Gasteiger partial charge in [-0.3, -0.25) is 0 Å². The molecule has 1 saturated heterocycles. The quantitative estimate of drug-likeness (QED) is 0.872. The molecule has 1 aliphatic heterocycles. The zero-order chi connectivity index (χ0) is 12.5. The Labute approximate surface area is 107 Å². The fourth-order valence-electron chi connectivity index (χ4n) is 2.89. The molecule has 2 atom stereocenters. The molecule has 18 heavy (non-hydrogen) atoms. The summed E-state index contributed by atoms with van der Waals surface area (Å²) in [6.07, 6.45) is 3.06. The summed E-state index contributed by atoms with van der Waals surface area (Å²) in [5.74, 6) is 0.641. The summed E-state index contributed by atoms with van der Waals surface area (Å²) in [7, 11) is 0. The second kappa shape index (κ2) is 4.53. The molecule has 0 spiro atoms. The Hall–Kier alpha value is -1.68. The van der Waals surface area contributed by atoms with Gasteiger partial charge < -0.3 is 10.6 Å². The molecule has 0 bridgehead atoms. The minimum absolute atomic E-state index is 0.414. The third kappa shape index (κ3) is 1.73. The number of hydrogen-bond acceptors (Lipinski definition) is 4. The first kappa shape index (κ1) is 11.4. The summed E-state index contributed by atoms with van der Waals surface area (Å²) < 4.78 is 0. The van der Waals surface area contributed by atoms with Crippen molar-refractivity contribution in [3.63, 3.8) is 0 Å². The van der Waals surface area contributed by atoms with Crippen LogP contribution in [0.25, 0.3) is 10.9 Å². The normalized spacial score (nSPS) is 23.8. The molecule has 4 nitrogen and oxygen atoms in total. The van der Waals surface area contributed by atoms with Crippen molar-refractivity contribution in [3.8, 4) is 0 Å². The minimum Gasteiger partial charge on any atom is -0.365 e. The highest BCUT2D eigenvalue weighted by molar-refractivity contribution is 5.91. The molecule has 0 radical (unpaired) electrons. The summed E-state index contributed by atoms with van der Waals surface area (Å²) in [4.78, 5) is 2.39. The predicted molar refractivity (Wildman–Crippen MR) is 73.5 cm³/mol. The zero-order valence-corrected chi connectivity index (χ0v) is 10.6. The molecule has 4 heteroatoms. The van der Waals surface area contributed by atoms with Crippen LogP contribution in [0, 0.1) is 5.92 Å². The van der Waals surface area contributed by atoms with E-state index >= 15 is 0 Å². The molecule has 0 saturated carbocycles. The van der Waals surface area contributed by atoms with Gasteiger partial charge in [0.15, 0.2) is 0 Å². The standard InChI is InChI=1S/C14H18N4/c1-10-6-7-18(13(10)8-15)14-9-16-17-12-5-3-2-4-11(12)14/h2-5,9-10,13H,6-8,15H2,1H3. The molecule has 2 N–H and O–H groups in total. The molecule has 2 heterocycles. The van der Waals surface area contributed by atoms with Gasteiger partial charge in [0.1, 0.15) is 0 Å². The molecule has 2 unspecified atom stereocenters. The lowest BCUT2D eigenvalue weighted by molar-refractivity contribution is 0.519. The van der Waals surface area contributed by atoms with Crippen molar-refractivity contribution in [2.75, 3.05) is 18.0 Å². The molecule has 2 aromatic rings. The topological polar surface area (TPSA) is 55.0 Å². The van der Waals surface area contributed by atoms with Crippen LogP contribution in [0.4, 0.5) is 5.69 Å². The summed E-state index contributed by atoms with van der Waals surface area (Å²) >= 11 is 0. The fraction of sp³-hybridized carbons (Fsp3) is 0.429. The summed E-state index contributed by atoms with van der Waals surface area (Å²) in [6, 6.07) is 8.56. The van der Waals surface area contributed by atoms with Crippen molar-refractivity contribution >= 4 is 16.6 Å². The van der Waals surface area contributed by atoms with Crippen LogP contribution in [0.3, 0.4) is 0 Å². The van der Waals surface area contributed by atoms with E-state index in [9.17, 15) is 0 Å². The van der Waals surface area contributed by atoms with Crippen LogP contribution in [-0.4, -0.2) is 29.3 Å². The van der Waals surface area contributed by atoms with Gasteiger partial charge in [0.05, 0.1) is 17.4 Å². The number of aromatic nitrogens is 2. The predicted octanol–water partition coefficient (Wildman–Crippen LogP) is 1.80. The van der Waals surface area contributed by atoms with Gasteiger partial charge in [0.2, 0.25) is 0 Å². The average molecular weight is 242 g/mol. The minimum atomic E-state index is 0.414. The Morgan fingerprint density at radius 2 is 2.22 bits per heavy atom. The molecule has 1 aliphatic rings. The van der Waals surface area contributed by atoms with Crippen LogP contribution in [0.15, 0.2) is 30.5 Å². The Morgan fingerprint density at radius 3 is 3.06 bits per heavy atom. The second-order valence-corrected chi connectivity index (χ2v) is 5.01. The van der Waals surface area contributed by atoms with Crippen molar-refractivity contribution in [3.05, 3.63) is 30.5 Å². The van der Waals surface area contributed by atoms with Crippen molar-refractivity contribution in [2.24, 2.45) is 11.7 Å². The fourth-order valence-corrected chi connectivity index (χ4v) is 2.89. The van der Waals surface area contributed by atoms with E-state index in [1.165, 1.54) is 17.5 Å². The maximum absolute atomic E-state index is 5.92. The van der Waals surface area contributed by atoms with Crippen LogP contribution in [0.1, 0.15) is 13.3 Å². The molecular weight excluding hydrogens is 224 g/mol. The number of benzene rings is 1. The third-order valence-corrected chi connectivity index (χ3v) is 3.96. The highest BCUT2D eigenvalue weighted by atomic mass is 15.2. The van der Waals surface area contributed by atoms with E-state index in [2.05, 4.69) is 28.1 Å². The summed E-state index contributed by atoms with van der Waals surface area (Å²) in [5.41, 5.74) is 8.03. The smallest absolute Gasteiger partial charge is 0.0950 e. The lowest BCUT2D eigenvalue weighted by Gasteiger charge is -2.28. The van der Waals surface area contributed by atoms with Crippen molar-refractivity contribution in [1.82, 2.24) is 10.2 Å². The molecular formula is C14H18N4. The Morgan fingerprint density at radius 1 is 1.39 bits per heavy atom. The highest BCUT2D eigenvalue weighted by Gasteiger charge is 2.31. The van der Waals surface area contributed by atoms with Gasteiger partial charge in [-0.1, -0.05) is 25.1 Å². The van der Waals surface area contributed by atoms with Gasteiger partial charge in [-0.15, -0.1) is 0 Å². The van der Waals surface area contributed by atoms with Gasteiger partial charge in [0.25, 0.3) is 0 Å². The van der Waals surface area contributed by atoms with Gasteiger partial charge >= 0.3 is 0 Å². The number of nitrogens with zero attached hydrogens (tertiary/aromatic N) is 3. The van der Waals surface area contributed by atoms with Crippen LogP contribution in [0.2, 0.25) is 0 Å². The lowest BCUT2D eigenvalue weighted by Crippen LogP contribution is -2.38. The molecule has 1 aromatic carbocycles. The number of hydrogen-bond donors (Lipinski definition) is 1. The monoisotopic (exact) mass is 242 g/mol. The van der Waals surface area contributed by atoms with Crippen LogP contribution in [-0.2, 0) is 0 Å². The maximum atomic E-state index is 5.92. The SMILES string of the molecule is CC1CCN(c2cnnc3ccccc23)C1CN. The number of nitrogens with two attached hydrogens (primary N) is 1.